The third kappa shape index (κ3) is 4.52. The molecule has 0 aliphatic rings. The van der Waals surface area contributed by atoms with Gasteiger partial charge in [-0.25, -0.2) is 0 Å². The van der Waals surface area contributed by atoms with Crippen molar-refractivity contribution in [1.82, 2.24) is 0 Å². The number of Topliss-reactive ketones (excluding diaryl/α,β-unsaturated/α-hetero) is 1. The molecule has 1 atom stereocenters. The summed E-state index contributed by atoms with van der Waals surface area (Å²) < 4.78 is 33.8. The van der Waals surface area contributed by atoms with Crippen LogP contribution in [-0.4, -0.2) is 20.4 Å². The largest absolute Gasteiger partial charge is 0.721 e. The van der Waals surface area contributed by atoms with E-state index < -0.39 is 13.6 Å². The second kappa shape index (κ2) is 6.34. The van der Waals surface area contributed by atoms with Crippen LogP contribution in [0.15, 0.2) is 24.3 Å². The Morgan fingerprint density at radius 1 is 1.35 bits per heavy atom. The van der Waals surface area contributed by atoms with Crippen molar-refractivity contribution in [3.63, 3.8) is 0 Å². The Hall–Kier alpha value is -1.43. The minimum atomic E-state index is -2.90. The summed E-state index contributed by atoms with van der Waals surface area (Å²) >= 11 is 0. The fourth-order valence-corrected chi connectivity index (χ4v) is 1.45. The number of carbonyl (C=O) groups excluding carboxylic acids is 1. The van der Waals surface area contributed by atoms with Crippen molar-refractivity contribution in [3.8, 4) is 5.75 Å². The average Bonchev–Trinajstić information content (AvgIpc) is 2.27. The van der Waals surface area contributed by atoms with Gasteiger partial charge in [-0.3, -0.25) is 13.4 Å². The quantitative estimate of drug-likeness (QED) is 0.719. The number of methoxy groups -OCH3 is 1. The van der Waals surface area contributed by atoms with E-state index in [4.69, 9.17) is 4.74 Å². The summed E-state index contributed by atoms with van der Waals surface area (Å²) in [7, 11) is -1.39. The molecule has 0 aliphatic carbocycles. The molecule has 0 unspecified atom stereocenters. The van der Waals surface area contributed by atoms with Gasteiger partial charge in [0.05, 0.1) is 13.2 Å². The molecule has 6 heteroatoms. The first-order valence-corrected chi connectivity index (χ1v) is 5.10. The molecule has 1 aromatic carbocycles. The third-order valence-electron chi connectivity index (χ3n) is 2.23. The second-order valence-electron chi connectivity index (χ2n) is 3.56. The molecule has 0 saturated carbocycles. The third-order valence-corrected chi connectivity index (χ3v) is 2.23. The van der Waals surface area contributed by atoms with E-state index in [1.807, 2.05) is 0 Å². The van der Waals surface area contributed by atoms with Crippen LogP contribution in [0.1, 0.15) is 25.0 Å². The fourth-order valence-electron chi connectivity index (χ4n) is 1.45. The predicted octanol–water partition coefficient (Wildman–Crippen LogP) is 2.66. The number of benzene rings is 1. The summed E-state index contributed by atoms with van der Waals surface area (Å²) in [5.74, 6) is 0.416. The number of hydrogen-bond donors (Lipinski definition) is 0. The van der Waals surface area contributed by atoms with E-state index in [9.17, 15) is 13.4 Å². The Bertz CT molecular complexity index is 367. The van der Waals surface area contributed by atoms with Crippen molar-refractivity contribution in [1.29, 1.82) is 0 Å². The lowest BCUT2D eigenvalue weighted by Gasteiger charge is -2.16. The molecule has 0 radical (unpaired) electrons. The molecule has 1 aromatic rings. The molecular formula is C11H13BF2O3. The van der Waals surface area contributed by atoms with Crippen molar-refractivity contribution in [2.45, 2.75) is 19.4 Å². The highest BCUT2D eigenvalue weighted by molar-refractivity contribution is 6.34. The lowest BCUT2D eigenvalue weighted by molar-refractivity contribution is -0.118. The molecule has 0 aliphatic heterocycles. The van der Waals surface area contributed by atoms with E-state index in [1.165, 1.54) is 14.0 Å². The Balaban J connectivity index is 2.83. The summed E-state index contributed by atoms with van der Waals surface area (Å²) in [5.41, 5.74) is 0.529. The summed E-state index contributed by atoms with van der Waals surface area (Å²) in [6.07, 6.45) is -0.991. The zero-order chi connectivity index (χ0) is 12.8. The first-order valence-electron chi connectivity index (χ1n) is 5.10. The molecule has 0 N–H and O–H groups in total. The van der Waals surface area contributed by atoms with Gasteiger partial charge in [-0.05, 0) is 24.6 Å². The van der Waals surface area contributed by atoms with Gasteiger partial charge in [-0.15, -0.1) is 0 Å². The first kappa shape index (κ1) is 13.6. The van der Waals surface area contributed by atoms with E-state index in [2.05, 4.69) is 4.65 Å². The van der Waals surface area contributed by atoms with Crippen molar-refractivity contribution >= 4 is 13.3 Å². The van der Waals surface area contributed by atoms with Crippen molar-refractivity contribution in [2.24, 2.45) is 0 Å². The van der Waals surface area contributed by atoms with Gasteiger partial charge in [0.15, 0.2) is 0 Å². The first-order chi connectivity index (χ1) is 8.02. The van der Waals surface area contributed by atoms with Crippen LogP contribution < -0.4 is 4.74 Å². The number of halogens is 2. The summed E-state index contributed by atoms with van der Waals surface area (Å²) in [6, 6.07) is 6.48. The molecule has 0 aromatic heterocycles. The van der Waals surface area contributed by atoms with Gasteiger partial charge in [-0.1, -0.05) is 12.1 Å². The van der Waals surface area contributed by atoms with Crippen LogP contribution in [0, 0.1) is 0 Å². The van der Waals surface area contributed by atoms with Gasteiger partial charge in [0, 0.05) is 6.42 Å². The number of hydrogen-bond acceptors (Lipinski definition) is 3. The monoisotopic (exact) mass is 242 g/mol. The standard InChI is InChI=1S/C11H13BF2O3/c1-8(15)7-11(17-12(13)14)9-3-5-10(16-2)6-4-9/h3-6,11H,7H2,1-2H3/t11-/m1/s1. The van der Waals surface area contributed by atoms with Crippen LogP contribution in [-0.2, 0) is 9.45 Å². The second-order valence-corrected chi connectivity index (χ2v) is 3.56. The molecule has 92 valence electrons. The summed E-state index contributed by atoms with van der Waals surface area (Å²) in [5, 5.41) is 0. The fraction of sp³-hybridized carbons (Fsp3) is 0.364. The maximum Gasteiger partial charge on any atom is 0.721 e. The van der Waals surface area contributed by atoms with E-state index in [0.717, 1.165) is 0 Å². The number of carbonyl (C=O) groups is 1. The maximum atomic E-state index is 12.2. The van der Waals surface area contributed by atoms with Crippen molar-refractivity contribution in [2.75, 3.05) is 7.11 Å². The van der Waals surface area contributed by atoms with Crippen molar-refractivity contribution < 1.29 is 22.8 Å². The number of ether oxygens (including phenoxy) is 1. The summed E-state index contributed by atoms with van der Waals surface area (Å²) in [6.45, 7) is 1.34. The highest BCUT2D eigenvalue weighted by atomic mass is 19.2. The number of rotatable bonds is 6. The molecular weight excluding hydrogens is 229 g/mol. The van der Waals surface area contributed by atoms with E-state index in [-0.39, 0.29) is 12.2 Å². The Morgan fingerprint density at radius 3 is 2.35 bits per heavy atom. The Morgan fingerprint density at radius 2 is 1.94 bits per heavy atom. The minimum absolute atomic E-state index is 0.0727. The molecule has 0 saturated heterocycles. The lowest BCUT2D eigenvalue weighted by atomic mass is 10.0. The van der Waals surface area contributed by atoms with Crippen LogP contribution in [0.3, 0.4) is 0 Å². The molecule has 17 heavy (non-hydrogen) atoms. The van der Waals surface area contributed by atoms with Crippen LogP contribution in [0.2, 0.25) is 0 Å². The Kier molecular flexibility index (Phi) is 5.09. The molecule has 0 bridgehead atoms. The van der Waals surface area contributed by atoms with Gasteiger partial charge in [0.2, 0.25) is 0 Å². The van der Waals surface area contributed by atoms with E-state index >= 15 is 0 Å². The van der Waals surface area contributed by atoms with Crippen molar-refractivity contribution in [3.05, 3.63) is 29.8 Å². The zero-order valence-corrected chi connectivity index (χ0v) is 9.65. The minimum Gasteiger partial charge on any atom is -0.497 e. The molecule has 0 spiro atoms. The van der Waals surface area contributed by atoms with Gasteiger partial charge in [0.1, 0.15) is 11.5 Å². The number of ketones is 1. The lowest BCUT2D eigenvalue weighted by Crippen LogP contribution is -2.15. The Labute approximate surface area is 98.9 Å². The molecule has 0 heterocycles. The van der Waals surface area contributed by atoms with E-state index in [1.54, 1.807) is 24.3 Å². The van der Waals surface area contributed by atoms with Gasteiger partial charge < -0.3 is 9.39 Å². The molecule has 0 amide bonds. The van der Waals surface area contributed by atoms with Crippen LogP contribution in [0.4, 0.5) is 8.63 Å². The van der Waals surface area contributed by atoms with Crippen LogP contribution in [0.5, 0.6) is 5.75 Å². The molecule has 0 fully saturated rings. The highest BCUT2D eigenvalue weighted by Crippen LogP contribution is 2.25. The molecule has 3 nitrogen and oxygen atoms in total. The molecule has 1 rings (SSSR count). The zero-order valence-electron chi connectivity index (χ0n) is 9.65. The predicted molar refractivity (Wildman–Crippen MR) is 60.1 cm³/mol. The van der Waals surface area contributed by atoms with Crippen LogP contribution >= 0.6 is 0 Å². The smallest absolute Gasteiger partial charge is 0.497 e. The highest BCUT2D eigenvalue weighted by Gasteiger charge is 2.24. The SMILES string of the molecule is COc1ccc([C@@H](CC(C)=O)OB(F)F)cc1. The van der Waals surface area contributed by atoms with Gasteiger partial charge in [0.25, 0.3) is 0 Å². The average molecular weight is 242 g/mol. The summed E-state index contributed by atoms with van der Waals surface area (Å²) in [4.78, 5) is 11.0. The topological polar surface area (TPSA) is 35.5 Å². The van der Waals surface area contributed by atoms with E-state index in [0.29, 0.717) is 11.3 Å². The van der Waals surface area contributed by atoms with Crippen LogP contribution in [0.25, 0.3) is 0 Å². The van der Waals surface area contributed by atoms with Gasteiger partial charge in [-0.2, -0.15) is 0 Å². The normalized spacial score (nSPS) is 12.0. The van der Waals surface area contributed by atoms with Gasteiger partial charge >= 0.3 is 7.47 Å². The maximum absolute atomic E-state index is 12.2.